The van der Waals surface area contributed by atoms with Gasteiger partial charge in [-0.1, -0.05) is 6.92 Å². The van der Waals surface area contributed by atoms with E-state index in [1.807, 2.05) is 30.8 Å². The van der Waals surface area contributed by atoms with Crippen molar-refractivity contribution in [3.8, 4) is 0 Å². The number of benzene rings is 1. The second kappa shape index (κ2) is 6.69. The first-order valence-electron chi connectivity index (χ1n) is 5.84. The van der Waals surface area contributed by atoms with E-state index < -0.39 is 0 Å². The molecule has 90 valence electrons. The van der Waals surface area contributed by atoms with E-state index in [1.165, 1.54) is 23.6 Å². The van der Waals surface area contributed by atoms with Gasteiger partial charge in [-0.25, -0.2) is 0 Å². The van der Waals surface area contributed by atoms with Crippen molar-refractivity contribution in [3.63, 3.8) is 0 Å². The number of aryl methyl sites for hydroxylation is 1. The lowest BCUT2D eigenvalue weighted by Crippen LogP contribution is -2.16. The van der Waals surface area contributed by atoms with Crippen molar-refractivity contribution >= 4 is 23.1 Å². The SMILES string of the molecule is CCSCCC(C)Nc1ccc(N)c(C)c1. The van der Waals surface area contributed by atoms with Crippen LogP contribution in [0.2, 0.25) is 0 Å². The van der Waals surface area contributed by atoms with Crippen LogP contribution in [0.15, 0.2) is 18.2 Å². The quantitative estimate of drug-likeness (QED) is 0.588. The third kappa shape index (κ3) is 4.35. The van der Waals surface area contributed by atoms with Gasteiger partial charge in [-0.2, -0.15) is 11.8 Å². The molecule has 1 rings (SSSR count). The molecule has 0 aliphatic rings. The Bertz CT molecular complexity index is 326. The summed E-state index contributed by atoms with van der Waals surface area (Å²) in [5.41, 5.74) is 8.95. The lowest BCUT2D eigenvalue weighted by molar-refractivity contribution is 0.771. The summed E-state index contributed by atoms with van der Waals surface area (Å²) in [5.74, 6) is 2.42. The van der Waals surface area contributed by atoms with Crippen LogP contribution in [0.1, 0.15) is 25.8 Å². The molecule has 3 heteroatoms. The zero-order valence-corrected chi connectivity index (χ0v) is 11.2. The van der Waals surface area contributed by atoms with Gasteiger partial charge in [-0.15, -0.1) is 0 Å². The second-order valence-electron chi connectivity index (χ2n) is 4.10. The molecule has 1 unspecified atom stereocenters. The Labute approximate surface area is 103 Å². The molecule has 0 fully saturated rings. The molecule has 0 radical (unpaired) electrons. The van der Waals surface area contributed by atoms with Crippen molar-refractivity contribution in [2.45, 2.75) is 33.2 Å². The highest BCUT2D eigenvalue weighted by atomic mass is 32.2. The lowest BCUT2D eigenvalue weighted by Gasteiger charge is -2.15. The molecule has 2 nitrogen and oxygen atoms in total. The highest BCUT2D eigenvalue weighted by Gasteiger charge is 2.02. The molecule has 1 aromatic carbocycles. The first-order valence-corrected chi connectivity index (χ1v) is 6.99. The molecule has 3 N–H and O–H groups in total. The molecule has 0 aliphatic heterocycles. The van der Waals surface area contributed by atoms with Crippen molar-refractivity contribution in [3.05, 3.63) is 23.8 Å². The summed E-state index contributed by atoms with van der Waals surface area (Å²) in [6, 6.07) is 6.64. The van der Waals surface area contributed by atoms with Gasteiger partial charge < -0.3 is 11.1 Å². The van der Waals surface area contributed by atoms with Crippen LogP contribution in [-0.4, -0.2) is 17.5 Å². The van der Waals surface area contributed by atoms with Gasteiger partial charge in [-0.3, -0.25) is 0 Å². The van der Waals surface area contributed by atoms with Gasteiger partial charge in [-0.05, 0) is 55.5 Å². The molecular formula is C13H22N2S. The van der Waals surface area contributed by atoms with Gasteiger partial charge in [0.25, 0.3) is 0 Å². The Morgan fingerprint density at radius 3 is 2.81 bits per heavy atom. The van der Waals surface area contributed by atoms with Crippen LogP contribution < -0.4 is 11.1 Å². The van der Waals surface area contributed by atoms with Crippen LogP contribution in [0.25, 0.3) is 0 Å². The van der Waals surface area contributed by atoms with Gasteiger partial charge in [0, 0.05) is 17.4 Å². The van der Waals surface area contributed by atoms with E-state index in [1.54, 1.807) is 0 Å². The monoisotopic (exact) mass is 238 g/mol. The molecule has 0 spiro atoms. The molecule has 0 saturated heterocycles. The number of anilines is 2. The van der Waals surface area contributed by atoms with Crippen LogP contribution >= 0.6 is 11.8 Å². The van der Waals surface area contributed by atoms with Crippen molar-refractivity contribution in [1.82, 2.24) is 0 Å². The Hall–Kier alpha value is -0.830. The fraction of sp³-hybridized carbons (Fsp3) is 0.538. The average Bonchev–Trinajstić information content (AvgIpc) is 2.24. The van der Waals surface area contributed by atoms with Gasteiger partial charge in [0.05, 0.1) is 0 Å². The zero-order chi connectivity index (χ0) is 12.0. The molecule has 0 amide bonds. The minimum absolute atomic E-state index is 0.516. The number of nitrogens with two attached hydrogens (primary N) is 1. The zero-order valence-electron chi connectivity index (χ0n) is 10.4. The van der Waals surface area contributed by atoms with E-state index in [2.05, 4.69) is 25.2 Å². The van der Waals surface area contributed by atoms with E-state index in [0.29, 0.717) is 6.04 Å². The van der Waals surface area contributed by atoms with E-state index in [-0.39, 0.29) is 0 Å². The van der Waals surface area contributed by atoms with Crippen LogP contribution in [0.5, 0.6) is 0 Å². The number of nitrogen functional groups attached to an aromatic ring is 1. The predicted octanol–water partition coefficient (Wildman–Crippen LogP) is 3.52. The number of nitrogens with one attached hydrogen (secondary N) is 1. The molecule has 1 atom stereocenters. The summed E-state index contributed by atoms with van der Waals surface area (Å²) in [4.78, 5) is 0. The second-order valence-corrected chi connectivity index (χ2v) is 5.50. The topological polar surface area (TPSA) is 38.0 Å². The van der Waals surface area contributed by atoms with Crippen molar-refractivity contribution in [1.29, 1.82) is 0 Å². The largest absolute Gasteiger partial charge is 0.399 e. The van der Waals surface area contributed by atoms with E-state index in [0.717, 1.165) is 11.3 Å². The van der Waals surface area contributed by atoms with Crippen molar-refractivity contribution < 1.29 is 0 Å². The Balaban J connectivity index is 2.43. The van der Waals surface area contributed by atoms with Crippen molar-refractivity contribution in [2.24, 2.45) is 0 Å². The maximum Gasteiger partial charge on any atom is 0.0346 e. The van der Waals surface area contributed by atoms with Gasteiger partial charge in [0.2, 0.25) is 0 Å². The van der Waals surface area contributed by atoms with Crippen LogP contribution in [0, 0.1) is 6.92 Å². The summed E-state index contributed by atoms with van der Waals surface area (Å²) in [6.07, 6.45) is 1.20. The summed E-state index contributed by atoms with van der Waals surface area (Å²) in [6.45, 7) is 6.46. The summed E-state index contributed by atoms with van der Waals surface area (Å²) < 4.78 is 0. The van der Waals surface area contributed by atoms with E-state index in [9.17, 15) is 0 Å². The highest BCUT2D eigenvalue weighted by Crippen LogP contribution is 2.18. The standard InChI is InChI=1S/C13H22N2S/c1-4-16-8-7-11(3)15-12-5-6-13(14)10(2)9-12/h5-6,9,11,15H,4,7-8,14H2,1-3H3. The van der Waals surface area contributed by atoms with E-state index in [4.69, 9.17) is 5.73 Å². The summed E-state index contributed by atoms with van der Waals surface area (Å²) in [5, 5.41) is 3.50. The average molecular weight is 238 g/mol. The van der Waals surface area contributed by atoms with Crippen LogP contribution in [-0.2, 0) is 0 Å². The summed E-state index contributed by atoms with van der Waals surface area (Å²) >= 11 is 1.99. The third-order valence-corrected chi connectivity index (χ3v) is 3.51. The fourth-order valence-electron chi connectivity index (χ4n) is 1.53. The fourth-order valence-corrected chi connectivity index (χ4v) is 2.34. The number of rotatable bonds is 6. The lowest BCUT2D eigenvalue weighted by atomic mass is 10.1. The molecule has 0 aromatic heterocycles. The van der Waals surface area contributed by atoms with E-state index >= 15 is 0 Å². The third-order valence-electron chi connectivity index (χ3n) is 2.58. The minimum atomic E-state index is 0.516. The minimum Gasteiger partial charge on any atom is -0.399 e. The number of hydrogen-bond donors (Lipinski definition) is 2. The summed E-state index contributed by atoms with van der Waals surface area (Å²) in [7, 11) is 0. The van der Waals surface area contributed by atoms with Gasteiger partial charge >= 0.3 is 0 Å². The molecule has 0 aliphatic carbocycles. The smallest absolute Gasteiger partial charge is 0.0346 e. The maximum atomic E-state index is 5.79. The molecular weight excluding hydrogens is 216 g/mol. The normalized spacial score (nSPS) is 12.4. The molecule has 0 bridgehead atoms. The maximum absolute atomic E-state index is 5.79. The molecule has 1 aromatic rings. The molecule has 16 heavy (non-hydrogen) atoms. The highest BCUT2D eigenvalue weighted by molar-refractivity contribution is 7.99. The first-order chi connectivity index (χ1) is 7.63. The van der Waals surface area contributed by atoms with Crippen LogP contribution in [0.3, 0.4) is 0 Å². The Kier molecular flexibility index (Phi) is 5.53. The molecule has 0 heterocycles. The number of thioether (sulfide) groups is 1. The Morgan fingerprint density at radius 1 is 1.44 bits per heavy atom. The van der Waals surface area contributed by atoms with Crippen molar-refractivity contribution in [2.75, 3.05) is 22.6 Å². The van der Waals surface area contributed by atoms with Gasteiger partial charge in [0.15, 0.2) is 0 Å². The Morgan fingerprint density at radius 2 is 2.19 bits per heavy atom. The first kappa shape index (κ1) is 13.2. The van der Waals surface area contributed by atoms with Crippen LogP contribution in [0.4, 0.5) is 11.4 Å². The predicted molar refractivity (Wildman–Crippen MR) is 76.3 cm³/mol. The van der Waals surface area contributed by atoms with Gasteiger partial charge in [0.1, 0.15) is 0 Å². The number of hydrogen-bond acceptors (Lipinski definition) is 3. The molecule has 0 saturated carbocycles.